The molecule has 2 atom stereocenters. The molecule has 4 nitrogen and oxygen atoms in total. The molecule has 1 aromatic heterocycles. The van der Waals surface area contributed by atoms with Crippen molar-refractivity contribution in [2.24, 2.45) is 0 Å². The number of sulfone groups is 1. The van der Waals surface area contributed by atoms with Gasteiger partial charge in [0.1, 0.15) is 0 Å². The van der Waals surface area contributed by atoms with Crippen LogP contribution in [0.4, 0.5) is 0 Å². The van der Waals surface area contributed by atoms with Crippen LogP contribution >= 0.6 is 0 Å². The number of nitrogens with zero attached hydrogens (tertiary/aromatic N) is 1. The Bertz CT molecular complexity index is 682. The van der Waals surface area contributed by atoms with Crippen LogP contribution in [0.1, 0.15) is 37.1 Å². The monoisotopic (exact) mass is 304 g/mol. The van der Waals surface area contributed by atoms with E-state index in [1.807, 2.05) is 30.5 Å². The summed E-state index contributed by atoms with van der Waals surface area (Å²) >= 11 is 0. The Kier molecular flexibility index (Phi) is 4.75. The summed E-state index contributed by atoms with van der Waals surface area (Å²) in [6, 6.07) is 11.2. The highest BCUT2D eigenvalue weighted by Gasteiger charge is 2.12. The molecule has 21 heavy (non-hydrogen) atoms. The molecule has 1 heterocycles. The molecule has 0 radical (unpaired) electrons. The van der Waals surface area contributed by atoms with Crippen LogP contribution in [0, 0.1) is 0 Å². The van der Waals surface area contributed by atoms with Gasteiger partial charge < -0.3 is 5.32 Å². The SMILES string of the molecule is CC(N[C@H](C)c1cccnc1)c1ccc(S(C)(=O)=O)cc1. The van der Waals surface area contributed by atoms with Crippen LogP contribution in [0.2, 0.25) is 0 Å². The summed E-state index contributed by atoms with van der Waals surface area (Å²) in [5, 5.41) is 3.48. The molecule has 1 unspecified atom stereocenters. The highest BCUT2D eigenvalue weighted by molar-refractivity contribution is 7.90. The molecular weight excluding hydrogens is 284 g/mol. The lowest BCUT2D eigenvalue weighted by Crippen LogP contribution is -2.22. The Morgan fingerprint density at radius 1 is 1.00 bits per heavy atom. The van der Waals surface area contributed by atoms with Crippen LogP contribution in [-0.4, -0.2) is 19.7 Å². The third-order valence-electron chi connectivity index (χ3n) is 3.49. The summed E-state index contributed by atoms with van der Waals surface area (Å²) in [5.74, 6) is 0. The summed E-state index contributed by atoms with van der Waals surface area (Å²) in [5.41, 5.74) is 2.18. The van der Waals surface area contributed by atoms with Crippen LogP contribution in [0.5, 0.6) is 0 Å². The molecule has 0 aliphatic heterocycles. The van der Waals surface area contributed by atoms with Gasteiger partial charge in [0.05, 0.1) is 4.90 Å². The van der Waals surface area contributed by atoms with Crippen molar-refractivity contribution in [3.8, 4) is 0 Å². The summed E-state index contributed by atoms with van der Waals surface area (Å²) in [6.07, 6.45) is 4.81. The van der Waals surface area contributed by atoms with E-state index in [2.05, 4.69) is 24.1 Å². The van der Waals surface area contributed by atoms with E-state index in [1.165, 1.54) is 6.26 Å². The van der Waals surface area contributed by atoms with Gasteiger partial charge in [-0.1, -0.05) is 18.2 Å². The van der Waals surface area contributed by atoms with E-state index in [-0.39, 0.29) is 12.1 Å². The first-order valence-electron chi connectivity index (χ1n) is 6.84. The van der Waals surface area contributed by atoms with E-state index in [1.54, 1.807) is 18.3 Å². The molecule has 2 aromatic rings. The zero-order valence-electron chi connectivity index (χ0n) is 12.4. The topological polar surface area (TPSA) is 59.1 Å². The molecule has 1 N–H and O–H groups in total. The molecule has 2 rings (SSSR count). The standard InChI is InChI=1S/C16H20N2O2S/c1-12(18-13(2)15-5-4-10-17-11-15)14-6-8-16(9-7-14)21(3,19)20/h4-13,18H,1-3H3/t12?,13-/m1/s1. The molecule has 112 valence electrons. The van der Waals surface area contributed by atoms with Crippen molar-refractivity contribution >= 4 is 9.84 Å². The van der Waals surface area contributed by atoms with Crippen LogP contribution in [0.25, 0.3) is 0 Å². The zero-order chi connectivity index (χ0) is 15.5. The van der Waals surface area contributed by atoms with E-state index in [0.717, 1.165) is 11.1 Å². The predicted octanol–water partition coefficient (Wildman–Crippen LogP) is 2.90. The van der Waals surface area contributed by atoms with Crippen molar-refractivity contribution in [1.29, 1.82) is 0 Å². The maximum absolute atomic E-state index is 11.5. The van der Waals surface area contributed by atoms with Gasteiger partial charge in [-0.05, 0) is 43.2 Å². The Balaban J connectivity index is 2.08. The number of benzene rings is 1. The molecule has 0 fully saturated rings. The van der Waals surface area contributed by atoms with Gasteiger partial charge in [-0.15, -0.1) is 0 Å². The fraction of sp³-hybridized carbons (Fsp3) is 0.312. The third-order valence-corrected chi connectivity index (χ3v) is 4.62. The summed E-state index contributed by atoms with van der Waals surface area (Å²) < 4.78 is 22.9. The van der Waals surface area contributed by atoms with Crippen molar-refractivity contribution in [2.75, 3.05) is 6.26 Å². The molecule has 5 heteroatoms. The second-order valence-electron chi connectivity index (χ2n) is 5.24. The summed E-state index contributed by atoms with van der Waals surface area (Å²) in [7, 11) is -3.14. The first-order valence-corrected chi connectivity index (χ1v) is 8.73. The van der Waals surface area contributed by atoms with Crippen molar-refractivity contribution in [3.63, 3.8) is 0 Å². The van der Waals surface area contributed by atoms with Gasteiger partial charge in [0.15, 0.2) is 9.84 Å². The lowest BCUT2D eigenvalue weighted by Gasteiger charge is -2.20. The van der Waals surface area contributed by atoms with Crippen LogP contribution in [-0.2, 0) is 9.84 Å². The second kappa shape index (κ2) is 6.37. The minimum atomic E-state index is -3.14. The van der Waals surface area contributed by atoms with E-state index in [4.69, 9.17) is 0 Å². The minimum Gasteiger partial charge on any atom is -0.304 e. The van der Waals surface area contributed by atoms with Crippen LogP contribution in [0.15, 0.2) is 53.7 Å². The number of pyridine rings is 1. The zero-order valence-corrected chi connectivity index (χ0v) is 13.3. The maximum atomic E-state index is 11.5. The lowest BCUT2D eigenvalue weighted by molar-refractivity contribution is 0.493. The lowest BCUT2D eigenvalue weighted by atomic mass is 10.1. The smallest absolute Gasteiger partial charge is 0.175 e. The molecule has 0 bridgehead atoms. The van der Waals surface area contributed by atoms with E-state index >= 15 is 0 Å². The van der Waals surface area contributed by atoms with Gasteiger partial charge in [-0.25, -0.2) is 8.42 Å². The Morgan fingerprint density at radius 3 is 2.14 bits per heavy atom. The van der Waals surface area contributed by atoms with Gasteiger partial charge in [0, 0.05) is 30.7 Å². The molecule has 1 aromatic carbocycles. The third kappa shape index (κ3) is 4.12. The Labute approximate surface area is 126 Å². The van der Waals surface area contributed by atoms with Gasteiger partial charge in [0.25, 0.3) is 0 Å². The molecule has 0 amide bonds. The number of nitrogens with one attached hydrogen (secondary N) is 1. The summed E-state index contributed by atoms with van der Waals surface area (Å²) in [6.45, 7) is 4.14. The van der Waals surface area contributed by atoms with Crippen LogP contribution in [0.3, 0.4) is 0 Å². The molecule has 0 saturated heterocycles. The largest absolute Gasteiger partial charge is 0.304 e. The highest BCUT2D eigenvalue weighted by atomic mass is 32.2. The van der Waals surface area contributed by atoms with E-state index < -0.39 is 9.84 Å². The first kappa shape index (κ1) is 15.7. The quantitative estimate of drug-likeness (QED) is 0.922. The van der Waals surface area contributed by atoms with Crippen molar-refractivity contribution in [3.05, 3.63) is 59.9 Å². The number of rotatable bonds is 5. The van der Waals surface area contributed by atoms with Gasteiger partial charge in [0.2, 0.25) is 0 Å². The first-order chi connectivity index (χ1) is 9.88. The van der Waals surface area contributed by atoms with Gasteiger partial charge in [-0.3, -0.25) is 4.98 Å². The Morgan fingerprint density at radius 2 is 1.62 bits per heavy atom. The van der Waals surface area contributed by atoms with Crippen LogP contribution < -0.4 is 5.32 Å². The fourth-order valence-electron chi connectivity index (χ4n) is 2.20. The molecule has 0 saturated carbocycles. The van der Waals surface area contributed by atoms with Crippen molar-refractivity contribution < 1.29 is 8.42 Å². The van der Waals surface area contributed by atoms with Gasteiger partial charge >= 0.3 is 0 Å². The Hall–Kier alpha value is -1.72. The van der Waals surface area contributed by atoms with Crippen molar-refractivity contribution in [2.45, 2.75) is 30.8 Å². The number of aromatic nitrogens is 1. The normalized spacial score (nSPS) is 14.6. The minimum absolute atomic E-state index is 0.119. The molecular formula is C16H20N2O2S. The summed E-state index contributed by atoms with van der Waals surface area (Å²) in [4.78, 5) is 4.46. The number of hydrogen-bond acceptors (Lipinski definition) is 4. The highest BCUT2D eigenvalue weighted by Crippen LogP contribution is 2.20. The molecule has 0 aliphatic rings. The molecule has 0 aliphatic carbocycles. The second-order valence-corrected chi connectivity index (χ2v) is 7.25. The predicted molar refractivity (Wildman–Crippen MR) is 83.8 cm³/mol. The molecule has 0 spiro atoms. The number of hydrogen-bond donors (Lipinski definition) is 1. The van der Waals surface area contributed by atoms with Gasteiger partial charge in [-0.2, -0.15) is 0 Å². The maximum Gasteiger partial charge on any atom is 0.175 e. The van der Waals surface area contributed by atoms with Crippen molar-refractivity contribution in [1.82, 2.24) is 10.3 Å². The fourth-order valence-corrected chi connectivity index (χ4v) is 2.83. The van der Waals surface area contributed by atoms with E-state index in [9.17, 15) is 8.42 Å². The van der Waals surface area contributed by atoms with E-state index in [0.29, 0.717) is 4.90 Å². The average Bonchev–Trinajstić information content (AvgIpc) is 2.47. The average molecular weight is 304 g/mol.